The summed E-state index contributed by atoms with van der Waals surface area (Å²) in [5.41, 5.74) is 8.21. The maximum Gasteiger partial charge on any atom is 0.363 e. The number of esters is 1. The zero-order valence-electron chi connectivity index (χ0n) is 17.3. The van der Waals surface area contributed by atoms with Gasteiger partial charge in [0.05, 0.1) is 20.3 Å². The first-order chi connectivity index (χ1) is 14.8. The highest BCUT2D eigenvalue weighted by molar-refractivity contribution is 8.14. The van der Waals surface area contributed by atoms with Crippen LogP contribution in [0.5, 0.6) is 0 Å². The summed E-state index contributed by atoms with van der Waals surface area (Å²) in [6, 6.07) is -3.67. The number of methoxy groups -OCH3 is 1. The van der Waals surface area contributed by atoms with Crippen LogP contribution < -0.4 is 16.8 Å². The third-order valence-corrected chi connectivity index (χ3v) is 8.91. The lowest BCUT2D eigenvalue weighted by atomic mass is 9.98. The van der Waals surface area contributed by atoms with Gasteiger partial charge >= 0.3 is 23.9 Å². The van der Waals surface area contributed by atoms with Gasteiger partial charge in [0, 0.05) is 5.75 Å². The van der Waals surface area contributed by atoms with Crippen molar-refractivity contribution >= 4 is 52.6 Å². The van der Waals surface area contributed by atoms with E-state index in [1.165, 1.54) is 13.8 Å². The van der Waals surface area contributed by atoms with E-state index in [0.29, 0.717) is 0 Å². The van der Waals surface area contributed by atoms with E-state index in [0.717, 1.165) is 18.9 Å². The second kappa shape index (κ2) is 9.62. The lowest BCUT2D eigenvalue weighted by Crippen LogP contribution is -2.75. The van der Waals surface area contributed by atoms with Crippen molar-refractivity contribution in [1.29, 1.82) is 0 Å². The number of amidine groups is 1. The van der Waals surface area contributed by atoms with E-state index >= 15 is 0 Å². The van der Waals surface area contributed by atoms with E-state index in [4.69, 9.17) is 20.5 Å². The minimum absolute atomic E-state index is 0.00885. The first kappa shape index (κ1) is 26.5. The number of thioether (sulfide) groups is 1. The number of nitrogens with zero attached hydrogens (tertiary/aromatic N) is 2. The number of hydrogen-bond acceptors (Lipinski definition) is 13. The van der Waals surface area contributed by atoms with Crippen molar-refractivity contribution in [2.24, 2.45) is 16.5 Å². The first-order valence-electron chi connectivity index (χ1n) is 9.10. The molecular weight excluding hydrogens is 493 g/mol. The summed E-state index contributed by atoms with van der Waals surface area (Å²) in [4.78, 5) is 41.5. The second-order valence-corrected chi connectivity index (χ2v) is 11.0. The Morgan fingerprint density at radius 3 is 2.38 bits per heavy atom. The van der Waals surface area contributed by atoms with Crippen molar-refractivity contribution in [3.8, 4) is 0 Å². The topological polar surface area (TPSA) is 230 Å². The van der Waals surface area contributed by atoms with Crippen molar-refractivity contribution in [3.63, 3.8) is 0 Å². The molecule has 4 atom stereocenters. The largest absolute Gasteiger partial charge is 0.467 e. The summed E-state index contributed by atoms with van der Waals surface area (Å²) in [6.07, 6.45) is 0. The van der Waals surface area contributed by atoms with Crippen molar-refractivity contribution in [1.82, 2.24) is 9.62 Å². The Hall–Kier alpha value is -1.75. The molecule has 0 aromatic rings. The lowest BCUT2D eigenvalue weighted by molar-refractivity contribution is -0.162. The minimum Gasteiger partial charge on any atom is -0.467 e. The monoisotopic (exact) mass is 517 g/mol. The van der Waals surface area contributed by atoms with Gasteiger partial charge in [-0.05, 0) is 13.8 Å². The number of ether oxygens (including phenoxy) is 1. The summed E-state index contributed by atoms with van der Waals surface area (Å²) in [5, 5.41) is 2.14. The molecule has 32 heavy (non-hydrogen) atoms. The molecule has 0 spiro atoms. The van der Waals surface area contributed by atoms with Gasteiger partial charge in [-0.2, -0.15) is 12.7 Å². The third-order valence-electron chi connectivity index (χ3n) is 4.47. The SMILES string of the molecule is CCOP(=O)(OCC)C(C(=O)N[C@@H]1C(=O)N(S(=O)(=O)O)[C@@H]1C(=O)OC)C1(N)CSC(N)=N1. The molecule has 0 aliphatic carbocycles. The molecule has 0 radical (unpaired) electrons. The fourth-order valence-corrected chi connectivity index (χ4v) is 7.19. The van der Waals surface area contributed by atoms with Gasteiger partial charge in [0.1, 0.15) is 11.7 Å². The highest BCUT2D eigenvalue weighted by Crippen LogP contribution is 2.57. The van der Waals surface area contributed by atoms with Crippen molar-refractivity contribution in [2.45, 2.75) is 37.3 Å². The molecule has 0 bridgehead atoms. The normalized spacial score (nSPS) is 26.8. The predicted octanol–water partition coefficient (Wildman–Crippen LogP) is -1.99. The lowest BCUT2D eigenvalue weighted by Gasteiger charge is -2.43. The van der Waals surface area contributed by atoms with Crippen molar-refractivity contribution in [3.05, 3.63) is 0 Å². The summed E-state index contributed by atoms with van der Waals surface area (Å²) in [7, 11) is -8.52. The van der Waals surface area contributed by atoms with Crippen LogP contribution in [0.1, 0.15) is 13.8 Å². The van der Waals surface area contributed by atoms with Crippen LogP contribution in [0.15, 0.2) is 4.99 Å². The summed E-state index contributed by atoms with van der Waals surface area (Å²) >= 11 is 0.983. The molecule has 2 heterocycles. The van der Waals surface area contributed by atoms with E-state index in [1.54, 1.807) is 0 Å². The number of nitrogens with one attached hydrogen (secondary N) is 1. The van der Waals surface area contributed by atoms with E-state index in [1.807, 2.05) is 0 Å². The molecule has 2 unspecified atom stereocenters. The highest BCUT2D eigenvalue weighted by atomic mass is 32.2. The van der Waals surface area contributed by atoms with Gasteiger partial charge in [-0.1, -0.05) is 11.8 Å². The molecule has 0 aromatic carbocycles. The maximum absolute atomic E-state index is 13.5. The van der Waals surface area contributed by atoms with Gasteiger partial charge in [-0.25, -0.2) is 9.79 Å². The number of hydrogen-bond donors (Lipinski definition) is 4. The fourth-order valence-electron chi connectivity index (χ4n) is 3.24. The average molecular weight is 517 g/mol. The number of carbonyl (C=O) groups excluding carboxylic acids is 3. The molecule has 2 amide bonds. The minimum atomic E-state index is -5.13. The Labute approximate surface area is 188 Å². The zero-order chi connectivity index (χ0) is 24.5. The summed E-state index contributed by atoms with van der Waals surface area (Å²) in [5.74, 6) is -3.81. The Morgan fingerprint density at radius 1 is 1.41 bits per heavy atom. The van der Waals surface area contributed by atoms with Crippen LogP contribution in [-0.2, 0) is 43.0 Å². The molecular formula is C14H24N5O10PS2. The number of rotatable bonds is 10. The predicted molar refractivity (Wildman–Crippen MR) is 112 cm³/mol. The van der Waals surface area contributed by atoms with Crippen LogP contribution in [0, 0.1) is 0 Å². The smallest absolute Gasteiger partial charge is 0.363 e. The molecule has 6 N–H and O–H groups in total. The van der Waals surface area contributed by atoms with E-state index < -0.39 is 59.1 Å². The van der Waals surface area contributed by atoms with E-state index in [2.05, 4.69) is 15.0 Å². The second-order valence-electron chi connectivity index (χ2n) is 6.57. The summed E-state index contributed by atoms with van der Waals surface area (Å²) in [6.45, 7) is 2.73. The van der Waals surface area contributed by atoms with Gasteiger partial charge in [-0.15, -0.1) is 0 Å². The number of aliphatic imine (C=N–C) groups is 1. The Morgan fingerprint density at radius 2 is 1.97 bits per heavy atom. The average Bonchev–Trinajstić information content (AvgIpc) is 3.01. The Bertz CT molecular complexity index is 965. The van der Waals surface area contributed by atoms with Crippen molar-refractivity contribution < 1.29 is 45.7 Å². The van der Waals surface area contributed by atoms with E-state index in [9.17, 15) is 31.9 Å². The molecule has 0 aromatic heterocycles. The Kier molecular flexibility index (Phi) is 7.97. The standard InChI is InChI=1S/C14H24N5O10PS2/c1-4-28-30(23,29-5-2)9(14(16)6-31-13(15)18-14)10(20)17-7-8(12(22)27-3)19(11(7)21)32(24,25)26/h7-9H,4-6,16H2,1-3H3,(H2,15,18)(H,17,20)(H,24,25,26)/t7-,8-,9?,14?/m0/s1. The number of β-lactam (4-membered cyclic amide) rings is 1. The van der Waals surface area contributed by atoms with Crippen molar-refractivity contribution in [2.75, 3.05) is 26.1 Å². The maximum atomic E-state index is 13.5. The van der Waals surface area contributed by atoms with Crippen LogP contribution in [0.4, 0.5) is 0 Å². The Balaban J connectivity index is 2.45. The fraction of sp³-hybridized carbons (Fsp3) is 0.714. The van der Waals surface area contributed by atoms with Gasteiger partial charge in [-0.3, -0.25) is 18.7 Å². The molecule has 2 aliphatic heterocycles. The quantitative estimate of drug-likeness (QED) is 0.106. The molecule has 2 aliphatic rings. The molecule has 0 saturated carbocycles. The first-order valence-corrected chi connectivity index (χ1v) is 13.1. The molecule has 15 nitrogen and oxygen atoms in total. The molecule has 18 heteroatoms. The molecule has 1 fully saturated rings. The number of carbonyl (C=O) groups is 3. The van der Waals surface area contributed by atoms with Gasteiger partial charge in [0.25, 0.3) is 5.91 Å². The van der Waals surface area contributed by atoms with Crippen LogP contribution in [0.25, 0.3) is 0 Å². The van der Waals surface area contributed by atoms with Gasteiger partial charge < -0.3 is 30.6 Å². The number of amides is 2. The number of nitrogens with two attached hydrogens (primary N) is 2. The van der Waals surface area contributed by atoms with Crippen LogP contribution in [0.3, 0.4) is 0 Å². The van der Waals surface area contributed by atoms with Crippen LogP contribution in [-0.4, -0.2) is 89.7 Å². The molecule has 182 valence electrons. The molecule has 1 saturated heterocycles. The highest BCUT2D eigenvalue weighted by Gasteiger charge is 2.61. The van der Waals surface area contributed by atoms with Gasteiger partial charge in [0.2, 0.25) is 5.91 Å². The summed E-state index contributed by atoms with van der Waals surface area (Å²) < 4.78 is 60.4. The zero-order valence-corrected chi connectivity index (χ0v) is 19.8. The molecule has 2 rings (SSSR count). The van der Waals surface area contributed by atoms with Gasteiger partial charge in [0.15, 0.2) is 16.9 Å². The van der Waals surface area contributed by atoms with Crippen LogP contribution >= 0.6 is 19.4 Å². The van der Waals surface area contributed by atoms with Crippen LogP contribution in [0.2, 0.25) is 0 Å². The van der Waals surface area contributed by atoms with E-state index in [-0.39, 0.29) is 28.4 Å². The third kappa shape index (κ3) is 4.93.